The topological polar surface area (TPSA) is 114 Å². The van der Waals surface area contributed by atoms with Crippen LogP contribution in [-0.4, -0.2) is 75.6 Å². The zero-order valence-corrected chi connectivity index (χ0v) is 17.3. The number of aryl methyl sites for hydroxylation is 1. The number of piperazine rings is 1. The molecule has 1 aromatic carbocycles. The van der Waals surface area contributed by atoms with Crippen LogP contribution in [0.1, 0.15) is 16.2 Å². The smallest absolute Gasteiger partial charge is 0.276 e. The number of hydrogen-bond acceptors (Lipinski definition) is 7. The van der Waals surface area contributed by atoms with Crippen LogP contribution < -0.4 is 10.9 Å². The number of carbonyl (C=O) groups excluding carboxylic acids is 2. The first-order chi connectivity index (χ1) is 15.0. The molecular weight excluding hydrogens is 400 g/mol. The SMILES string of the molecule is Cc1cc(C(=O)N2CCN(CCNC(=O)Cn3cnc4ccccc4c3=O)CC2)no1. The monoisotopic (exact) mass is 424 g/mol. The number of amides is 2. The first-order valence-corrected chi connectivity index (χ1v) is 10.2. The van der Waals surface area contributed by atoms with Crippen LogP contribution in [0.25, 0.3) is 10.9 Å². The Bertz CT molecular complexity index is 1150. The fourth-order valence-corrected chi connectivity index (χ4v) is 3.59. The van der Waals surface area contributed by atoms with Crippen molar-refractivity contribution < 1.29 is 14.1 Å². The summed E-state index contributed by atoms with van der Waals surface area (Å²) in [5.41, 5.74) is 0.709. The summed E-state index contributed by atoms with van der Waals surface area (Å²) in [6.07, 6.45) is 1.40. The molecule has 3 aromatic rings. The van der Waals surface area contributed by atoms with E-state index in [0.717, 1.165) is 0 Å². The molecule has 31 heavy (non-hydrogen) atoms. The molecule has 1 N–H and O–H groups in total. The van der Waals surface area contributed by atoms with Crippen LogP contribution in [0.4, 0.5) is 0 Å². The van der Waals surface area contributed by atoms with Gasteiger partial charge in [0.25, 0.3) is 11.5 Å². The van der Waals surface area contributed by atoms with Gasteiger partial charge in [0.05, 0.1) is 17.2 Å². The van der Waals surface area contributed by atoms with Crippen LogP contribution in [0.15, 0.2) is 46.0 Å². The summed E-state index contributed by atoms with van der Waals surface area (Å²) in [6, 6.07) is 8.70. The Morgan fingerprint density at radius 3 is 2.68 bits per heavy atom. The Labute approximate surface area is 178 Å². The second-order valence-electron chi connectivity index (χ2n) is 7.50. The van der Waals surface area contributed by atoms with Crippen LogP contribution in [0.5, 0.6) is 0 Å². The van der Waals surface area contributed by atoms with E-state index in [1.54, 1.807) is 36.1 Å². The number of para-hydroxylation sites is 1. The Morgan fingerprint density at radius 1 is 1.16 bits per heavy atom. The van der Waals surface area contributed by atoms with Gasteiger partial charge in [-0.1, -0.05) is 17.3 Å². The average molecular weight is 424 g/mol. The molecule has 1 fully saturated rings. The molecule has 10 nitrogen and oxygen atoms in total. The molecule has 0 atom stereocenters. The van der Waals surface area contributed by atoms with Crippen molar-refractivity contribution in [1.29, 1.82) is 0 Å². The minimum absolute atomic E-state index is 0.0733. The second-order valence-corrected chi connectivity index (χ2v) is 7.50. The lowest BCUT2D eigenvalue weighted by molar-refractivity contribution is -0.121. The molecule has 1 aliphatic rings. The van der Waals surface area contributed by atoms with Crippen LogP contribution in [0.2, 0.25) is 0 Å². The number of nitrogens with zero attached hydrogens (tertiary/aromatic N) is 5. The van der Waals surface area contributed by atoms with E-state index in [1.807, 2.05) is 6.07 Å². The van der Waals surface area contributed by atoms with Gasteiger partial charge < -0.3 is 14.7 Å². The molecule has 0 saturated carbocycles. The van der Waals surface area contributed by atoms with Crippen LogP contribution in [-0.2, 0) is 11.3 Å². The summed E-state index contributed by atoms with van der Waals surface area (Å²) in [5.74, 6) is 0.244. The van der Waals surface area contributed by atoms with Gasteiger partial charge in [0.1, 0.15) is 12.3 Å². The minimum atomic E-state index is -0.241. The summed E-state index contributed by atoms with van der Waals surface area (Å²) in [5, 5.41) is 7.12. The van der Waals surface area contributed by atoms with Gasteiger partial charge in [0.2, 0.25) is 5.91 Å². The van der Waals surface area contributed by atoms with Gasteiger partial charge in [-0.05, 0) is 19.1 Å². The molecule has 2 amide bonds. The predicted molar refractivity (Wildman–Crippen MR) is 113 cm³/mol. The highest BCUT2D eigenvalue weighted by atomic mass is 16.5. The molecule has 1 saturated heterocycles. The van der Waals surface area contributed by atoms with Crippen molar-refractivity contribution in [3.63, 3.8) is 0 Å². The minimum Gasteiger partial charge on any atom is -0.361 e. The predicted octanol–water partition coefficient (Wildman–Crippen LogP) is 0.267. The molecule has 0 spiro atoms. The highest BCUT2D eigenvalue weighted by Crippen LogP contribution is 2.09. The van der Waals surface area contributed by atoms with Gasteiger partial charge in [0.15, 0.2) is 5.69 Å². The molecule has 3 heterocycles. The van der Waals surface area contributed by atoms with E-state index in [-0.39, 0.29) is 23.9 Å². The number of benzene rings is 1. The molecule has 1 aliphatic heterocycles. The molecule has 0 unspecified atom stereocenters. The third kappa shape index (κ3) is 4.80. The van der Waals surface area contributed by atoms with Crippen molar-refractivity contribution in [3.8, 4) is 0 Å². The third-order valence-electron chi connectivity index (χ3n) is 5.30. The van der Waals surface area contributed by atoms with Crippen molar-refractivity contribution in [2.75, 3.05) is 39.3 Å². The quantitative estimate of drug-likeness (QED) is 0.604. The lowest BCUT2D eigenvalue weighted by Crippen LogP contribution is -2.50. The van der Waals surface area contributed by atoms with Crippen LogP contribution in [0, 0.1) is 6.92 Å². The van der Waals surface area contributed by atoms with Gasteiger partial charge in [-0.15, -0.1) is 0 Å². The van der Waals surface area contributed by atoms with Crippen molar-refractivity contribution in [2.24, 2.45) is 0 Å². The molecule has 4 rings (SSSR count). The summed E-state index contributed by atoms with van der Waals surface area (Å²) in [4.78, 5) is 45.3. The van der Waals surface area contributed by atoms with E-state index in [4.69, 9.17) is 4.52 Å². The molecule has 162 valence electrons. The van der Waals surface area contributed by atoms with Gasteiger partial charge in [-0.3, -0.25) is 23.9 Å². The Morgan fingerprint density at radius 2 is 1.94 bits per heavy atom. The Balaban J connectivity index is 1.21. The number of nitrogens with one attached hydrogen (secondary N) is 1. The summed E-state index contributed by atoms with van der Waals surface area (Å²) < 4.78 is 6.28. The van der Waals surface area contributed by atoms with E-state index >= 15 is 0 Å². The highest BCUT2D eigenvalue weighted by Gasteiger charge is 2.24. The fourth-order valence-electron chi connectivity index (χ4n) is 3.59. The Kier molecular flexibility index (Phi) is 6.08. The molecule has 2 aromatic heterocycles. The van der Waals surface area contributed by atoms with Crippen molar-refractivity contribution in [2.45, 2.75) is 13.5 Å². The average Bonchev–Trinajstić information content (AvgIpc) is 3.22. The van der Waals surface area contributed by atoms with Crippen LogP contribution >= 0.6 is 0 Å². The first-order valence-electron chi connectivity index (χ1n) is 10.2. The molecule has 0 radical (unpaired) electrons. The second kappa shape index (κ2) is 9.09. The zero-order chi connectivity index (χ0) is 21.8. The molecule has 10 heteroatoms. The maximum absolute atomic E-state index is 12.5. The van der Waals surface area contributed by atoms with E-state index in [1.165, 1.54) is 10.9 Å². The molecule has 0 bridgehead atoms. The molecule has 0 aliphatic carbocycles. The number of aromatic nitrogens is 3. The normalized spacial score (nSPS) is 14.7. The number of fused-ring (bicyclic) bond motifs is 1. The van der Waals surface area contributed by atoms with E-state index in [2.05, 4.69) is 20.4 Å². The summed E-state index contributed by atoms with van der Waals surface area (Å²) in [7, 11) is 0. The maximum atomic E-state index is 12.5. The van der Waals surface area contributed by atoms with E-state index in [0.29, 0.717) is 61.6 Å². The molecular formula is C21H24N6O4. The van der Waals surface area contributed by atoms with Gasteiger partial charge in [0, 0.05) is 45.3 Å². The van der Waals surface area contributed by atoms with Gasteiger partial charge in [-0.2, -0.15) is 0 Å². The van der Waals surface area contributed by atoms with Gasteiger partial charge in [-0.25, -0.2) is 4.98 Å². The standard InChI is InChI=1S/C21H24N6O4/c1-15-12-18(24-31-15)21(30)26-10-8-25(9-11-26)7-6-22-19(28)13-27-14-23-17-5-3-2-4-16(17)20(27)29/h2-5,12,14H,6-11,13H2,1H3,(H,22,28). The van der Waals surface area contributed by atoms with Crippen molar-refractivity contribution >= 4 is 22.7 Å². The maximum Gasteiger partial charge on any atom is 0.276 e. The highest BCUT2D eigenvalue weighted by molar-refractivity contribution is 5.92. The summed E-state index contributed by atoms with van der Waals surface area (Å²) >= 11 is 0. The largest absolute Gasteiger partial charge is 0.361 e. The lowest BCUT2D eigenvalue weighted by Gasteiger charge is -2.34. The van der Waals surface area contributed by atoms with Crippen LogP contribution in [0.3, 0.4) is 0 Å². The Hall–Kier alpha value is -3.53. The van der Waals surface area contributed by atoms with E-state index < -0.39 is 0 Å². The fraction of sp³-hybridized carbons (Fsp3) is 0.381. The third-order valence-corrected chi connectivity index (χ3v) is 5.30. The zero-order valence-electron chi connectivity index (χ0n) is 17.3. The van der Waals surface area contributed by atoms with Gasteiger partial charge >= 0.3 is 0 Å². The van der Waals surface area contributed by atoms with Crippen molar-refractivity contribution in [3.05, 3.63) is 58.5 Å². The lowest BCUT2D eigenvalue weighted by atomic mass is 10.2. The first kappa shape index (κ1) is 20.7. The summed E-state index contributed by atoms with van der Waals surface area (Å²) in [6.45, 7) is 5.43. The number of carbonyl (C=O) groups is 2. The van der Waals surface area contributed by atoms with E-state index in [9.17, 15) is 14.4 Å². The van der Waals surface area contributed by atoms with Crippen molar-refractivity contribution in [1.82, 2.24) is 29.8 Å². The number of rotatable bonds is 6. The number of hydrogen-bond donors (Lipinski definition) is 1.